The van der Waals surface area contributed by atoms with Crippen LogP contribution >= 0.6 is 0 Å². The number of carbonyl (C=O) groups excluding carboxylic acids is 1. The van der Waals surface area contributed by atoms with Gasteiger partial charge in [-0.25, -0.2) is 4.39 Å². The maximum atomic E-state index is 14.0. The zero-order valence-corrected chi connectivity index (χ0v) is 15.9. The second-order valence-electron chi connectivity index (χ2n) is 6.82. The topological polar surface area (TPSA) is 68.5 Å². The van der Waals surface area contributed by atoms with Crippen LogP contribution in [0.3, 0.4) is 0 Å². The maximum absolute atomic E-state index is 14.0. The molecule has 0 aliphatic rings. The van der Waals surface area contributed by atoms with Crippen molar-refractivity contribution in [2.45, 2.75) is 13.8 Å². The van der Waals surface area contributed by atoms with Gasteiger partial charge in [-0.2, -0.15) is 0 Å². The van der Waals surface area contributed by atoms with Crippen molar-refractivity contribution in [1.29, 1.82) is 0 Å². The molecule has 0 radical (unpaired) electrons. The second kappa shape index (κ2) is 7.39. The van der Waals surface area contributed by atoms with Crippen LogP contribution < -0.4 is 15.5 Å². The van der Waals surface area contributed by atoms with Crippen molar-refractivity contribution < 1.29 is 18.3 Å². The van der Waals surface area contributed by atoms with E-state index in [2.05, 4.69) is 5.32 Å². The van der Waals surface area contributed by atoms with Gasteiger partial charge in [0.1, 0.15) is 11.3 Å². The van der Waals surface area contributed by atoms with Crippen molar-refractivity contribution in [3.8, 4) is 5.75 Å². The smallest absolute Gasteiger partial charge is 0.262 e. The van der Waals surface area contributed by atoms with Gasteiger partial charge in [0, 0.05) is 11.8 Å². The van der Waals surface area contributed by atoms with Gasteiger partial charge < -0.3 is 14.5 Å². The van der Waals surface area contributed by atoms with E-state index in [9.17, 15) is 14.0 Å². The highest BCUT2D eigenvalue weighted by atomic mass is 19.1. The van der Waals surface area contributed by atoms with Crippen molar-refractivity contribution >= 4 is 33.5 Å². The van der Waals surface area contributed by atoms with E-state index in [1.807, 2.05) is 32.0 Å². The lowest BCUT2D eigenvalue weighted by molar-refractivity contribution is -0.118. The van der Waals surface area contributed by atoms with Crippen LogP contribution in [0.25, 0.3) is 21.9 Å². The molecule has 3 aromatic carbocycles. The van der Waals surface area contributed by atoms with Gasteiger partial charge in [-0.3, -0.25) is 9.59 Å². The normalized spacial score (nSPS) is 11.0. The zero-order chi connectivity index (χ0) is 20.5. The van der Waals surface area contributed by atoms with Crippen LogP contribution in [0.5, 0.6) is 5.75 Å². The molecule has 1 heterocycles. The molecule has 1 N–H and O–H groups in total. The van der Waals surface area contributed by atoms with Crippen LogP contribution in [0.1, 0.15) is 11.1 Å². The summed E-state index contributed by atoms with van der Waals surface area (Å²) in [4.78, 5) is 24.9. The summed E-state index contributed by atoms with van der Waals surface area (Å²) < 4.78 is 25.2. The third-order valence-electron chi connectivity index (χ3n) is 4.69. The Hall–Kier alpha value is -3.67. The number of nitrogens with one attached hydrogen (secondary N) is 1. The van der Waals surface area contributed by atoms with Crippen molar-refractivity contribution in [1.82, 2.24) is 0 Å². The standard InChI is InChI=1S/C23H18FNO4/c1-13-5-3-6-14(2)22(13)28-12-20(26)25-15-9-10-16-19(11-15)29-23-17(21(16)27)7-4-8-18(23)24/h3-11H,12H2,1-2H3,(H,25,26). The second-order valence-corrected chi connectivity index (χ2v) is 6.82. The number of carbonyl (C=O) groups is 1. The number of benzene rings is 3. The molecule has 5 nitrogen and oxygen atoms in total. The van der Waals surface area contributed by atoms with Crippen LogP contribution in [0.15, 0.2) is 63.8 Å². The first-order chi connectivity index (χ1) is 13.9. The lowest BCUT2D eigenvalue weighted by atomic mass is 10.1. The molecule has 0 bridgehead atoms. The minimum Gasteiger partial charge on any atom is -0.483 e. The van der Waals surface area contributed by atoms with Crippen LogP contribution in [-0.2, 0) is 4.79 Å². The van der Waals surface area contributed by atoms with E-state index in [1.165, 1.54) is 24.3 Å². The van der Waals surface area contributed by atoms with E-state index < -0.39 is 5.82 Å². The average molecular weight is 391 g/mol. The molecular formula is C23H18FNO4. The van der Waals surface area contributed by atoms with E-state index in [0.717, 1.165) is 11.1 Å². The first kappa shape index (κ1) is 18.7. The fraction of sp³-hybridized carbons (Fsp3) is 0.130. The fourth-order valence-corrected chi connectivity index (χ4v) is 3.28. The van der Waals surface area contributed by atoms with E-state index in [1.54, 1.807) is 12.1 Å². The molecule has 0 aliphatic carbocycles. The molecule has 4 aromatic rings. The molecule has 0 unspecified atom stereocenters. The number of fused-ring (bicyclic) bond motifs is 2. The monoisotopic (exact) mass is 391 g/mol. The van der Waals surface area contributed by atoms with Crippen LogP contribution in [0.4, 0.5) is 10.1 Å². The van der Waals surface area contributed by atoms with Crippen LogP contribution in [-0.4, -0.2) is 12.5 Å². The van der Waals surface area contributed by atoms with Gasteiger partial charge in [-0.05, 0) is 49.2 Å². The van der Waals surface area contributed by atoms with Gasteiger partial charge in [0.2, 0.25) is 5.43 Å². The molecule has 0 aliphatic heterocycles. The van der Waals surface area contributed by atoms with E-state index >= 15 is 0 Å². The molecule has 6 heteroatoms. The summed E-state index contributed by atoms with van der Waals surface area (Å²) in [5.74, 6) is -0.298. The SMILES string of the molecule is Cc1cccc(C)c1OCC(=O)Nc1ccc2c(=O)c3cccc(F)c3oc2c1. The summed E-state index contributed by atoms with van der Waals surface area (Å²) in [7, 11) is 0. The van der Waals surface area contributed by atoms with Gasteiger partial charge >= 0.3 is 0 Å². The molecule has 1 aromatic heterocycles. The fourth-order valence-electron chi connectivity index (χ4n) is 3.28. The number of para-hydroxylation sites is 2. The summed E-state index contributed by atoms with van der Waals surface area (Å²) in [6.07, 6.45) is 0. The Morgan fingerprint density at radius 2 is 1.76 bits per heavy atom. The highest BCUT2D eigenvalue weighted by molar-refractivity contribution is 5.96. The number of anilines is 1. The van der Waals surface area contributed by atoms with Crippen molar-refractivity contribution in [2.75, 3.05) is 11.9 Å². The molecule has 0 saturated carbocycles. The van der Waals surface area contributed by atoms with Gasteiger partial charge in [0.15, 0.2) is 18.0 Å². The number of rotatable bonds is 4. The molecule has 1 amide bonds. The molecular weight excluding hydrogens is 373 g/mol. The maximum Gasteiger partial charge on any atom is 0.262 e. The Balaban J connectivity index is 1.58. The molecule has 0 fully saturated rings. The predicted octanol–water partition coefficient (Wildman–Crippen LogP) is 4.72. The Kier molecular flexibility index (Phi) is 4.76. The largest absolute Gasteiger partial charge is 0.483 e. The lowest BCUT2D eigenvalue weighted by Gasteiger charge is -2.12. The Morgan fingerprint density at radius 1 is 1.03 bits per heavy atom. The number of amides is 1. The van der Waals surface area contributed by atoms with Gasteiger partial charge in [-0.1, -0.05) is 24.3 Å². The summed E-state index contributed by atoms with van der Waals surface area (Å²) in [6, 6.07) is 14.6. The van der Waals surface area contributed by atoms with Gasteiger partial charge in [-0.15, -0.1) is 0 Å². The molecule has 146 valence electrons. The molecule has 0 saturated heterocycles. The highest BCUT2D eigenvalue weighted by Crippen LogP contribution is 2.24. The van der Waals surface area contributed by atoms with Crippen molar-refractivity contribution in [3.05, 3.63) is 81.8 Å². The zero-order valence-electron chi connectivity index (χ0n) is 15.9. The number of halogens is 1. The number of hydrogen-bond acceptors (Lipinski definition) is 4. The lowest BCUT2D eigenvalue weighted by Crippen LogP contribution is -2.20. The van der Waals surface area contributed by atoms with Crippen LogP contribution in [0, 0.1) is 19.7 Å². The third-order valence-corrected chi connectivity index (χ3v) is 4.69. The summed E-state index contributed by atoms with van der Waals surface area (Å²) >= 11 is 0. The quantitative estimate of drug-likeness (QED) is 0.511. The number of ether oxygens (including phenoxy) is 1. The van der Waals surface area contributed by atoms with Gasteiger partial charge in [0.05, 0.1) is 10.8 Å². The highest BCUT2D eigenvalue weighted by Gasteiger charge is 2.13. The Labute approximate surface area is 165 Å². The summed E-state index contributed by atoms with van der Waals surface area (Å²) in [5, 5.41) is 3.20. The molecule has 0 spiro atoms. The molecule has 29 heavy (non-hydrogen) atoms. The number of aryl methyl sites for hydroxylation is 2. The van der Waals surface area contributed by atoms with E-state index in [4.69, 9.17) is 9.15 Å². The average Bonchev–Trinajstić information content (AvgIpc) is 2.68. The summed E-state index contributed by atoms with van der Waals surface area (Å²) in [6.45, 7) is 3.66. The van der Waals surface area contributed by atoms with Crippen LogP contribution in [0.2, 0.25) is 0 Å². The van der Waals surface area contributed by atoms with Crippen molar-refractivity contribution in [3.63, 3.8) is 0 Å². The van der Waals surface area contributed by atoms with E-state index in [0.29, 0.717) is 16.8 Å². The number of hydrogen-bond donors (Lipinski definition) is 1. The van der Waals surface area contributed by atoms with Gasteiger partial charge in [0.25, 0.3) is 5.91 Å². The minimum absolute atomic E-state index is 0.105. The van der Waals surface area contributed by atoms with Crippen molar-refractivity contribution in [2.24, 2.45) is 0 Å². The predicted molar refractivity (Wildman–Crippen MR) is 110 cm³/mol. The Bertz CT molecular complexity index is 1290. The Morgan fingerprint density at radius 3 is 2.52 bits per heavy atom. The summed E-state index contributed by atoms with van der Waals surface area (Å²) in [5.41, 5.74) is 2.08. The third kappa shape index (κ3) is 3.57. The first-order valence-electron chi connectivity index (χ1n) is 9.08. The molecule has 0 atom stereocenters. The molecule has 4 rings (SSSR count). The van der Waals surface area contributed by atoms with E-state index in [-0.39, 0.29) is 34.5 Å². The minimum atomic E-state index is -0.613. The first-order valence-corrected chi connectivity index (χ1v) is 9.08.